The lowest BCUT2D eigenvalue weighted by Gasteiger charge is -2.13. The molecule has 0 amide bonds. The number of fused-ring (bicyclic) bond motifs is 1. The van der Waals surface area contributed by atoms with Gasteiger partial charge in [0.2, 0.25) is 0 Å². The number of esters is 2. The maximum Gasteiger partial charge on any atom is 0.320 e. The third kappa shape index (κ3) is 5.64. The molecule has 1 aromatic carbocycles. The fourth-order valence-corrected chi connectivity index (χ4v) is 4.65. The van der Waals surface area contributed by atoms with E-state index in [0.29, 0.717) is 34.0 Å². The number of hydrogen-bond donors (Lipinski definition) is 2. The first-order valence-corrected chi connectivity index (χ1v) is 11.9. The van der Waals surface area contributed by atoms with Crippen molar-refractivity contribution in [3.63, 3.8) is 0 Å². The molecule has 10 heteroatoms. The highest BCUT2D eigenvalue weighted by molar-refractivity contribution is 7.96. The molecule has 9 nitrogen and oxygen atoms in total. The van der Waals surface area contributed by atoms with Crippen molar-refractivity contribution < 1.29 is 28.9 Å². The number of hydrogen-bond acceptors (Lipinski definition) is 8. The van der Waals surface area contributed by atoms with Gasteiger partial charge in [-0.25, -0.2) is 4.98 Å². The minimum Gasteiger partial charge on any atom is -0.503 e. The molecule has 0 bridgehead atoms. The number of methoxy groups -OCH3 is 2. The molecule has 0 fully saturated rings. The van der Waals surface area contributed by atoms with Crippen LogP contribution in [0.4, 0.5) is 0 Å². The van der Waals surface area contributed by atoms with E-state index in [0.717, 1.165) is 5.56 Å². The number of aromatic hydroxyl groups is 1. The van der Waals surface area contributed by atoms with Gasteiger partial charge in [0, 0.05) is 17.1 Å². The topological polar surface area (TPSA) is 128 Å². The van der Waals surface area contributed by atoms with Gasteiger partial charge in [0.05, 0.1) is 19.6 Å². The molecule has 1 atom stereocenters. The van der Waals surface area contributed by atoms with E-state index in [2.05, 4.69) is 19.4 Å². The van der Waals surface area contributed by atoms with Crippen molar-refractivity contribution in [3.05, 3.63) is 58.5 Å². The molecule has 3 rings (SSSR count). The molecule has 3 aromatic rings. The van der Waals surface area contributed by atoms with Crippen LogP contribution in [-0.2, 0) is 36.4 Å². The van der Waals surface area contributed by atoms with E-state index in [-0.39, 0.29) is 17.7 Å². The molecular weight excluding hydrogens is 448 g/mol. The molecular formula is C23H25N2O7S+. The van der Waals surface area contributed by atoms with Crippen LogP contribution in [0.2, 0.25) is 0 Å². The summed E-state index contributed by atoms with van der Waals surface area (Å²) in [4.78, 5) is 43.2. The molecule has 1 unspecified atom stereocenters. The van der Waals surface area contributed by atoms with Crippen LogP contribution in [0.15, 0.2) is 52.3 Å². The van der Waals surface area contributed by atoms with E-state index in [1.165, 1.54) is 14.2 Å². The normalized spacial score (nSPS) is 11.9. The second-order valence-corrected chi connectivity index (χ2v) is 9.26. The van der Waals surface area contributed by atoms with Crippen molar-refractivity contribution in [1.29, 1.82) is 0 Å². The zero-order chi connectivity index (χ0) is 24.0. The summed E-state index contributed by atoms with van der Waals surface area (Å²) >= 11 is 0. The molecule has 0 aliphatic carbocycles. The third-order valence-corrected chi connectivity index (χ3v) is 6.91. The summed E-state index contributed by atoms with van der Waals surface area (Å²) in [5, 5.41) is 11.1. The summed E-state index contributed by atoms with van der Waals surface area (Å²) in [6.45, 7) is 0.329. The lowest BCUT2D eigenvalue weighted by atomic mass is 9.99. The van der Waals surface area contributed by atoms with E-state index in [1.807, 2.05) is 6.26 Å². The third-order valence-electron chi connectivity index (χ3n) is 5.06. The summed E-state index contributed by atoms with van der Waals surface area (Å²) in [6.07, 6.45) is 3.57. The van der Waals surface area contributed by atoms with Gasteiger partial charge in [0.15, 0.2) is 11.7 Å². The van der Waals surface area contributed by atoms with Crippen LogP contribution < -0.4 is 10.3 Å². The van der Waals surface area contributed by atoms with Crippen LogP contribution in [0.5, 0.6) is 11.5 Å². The standard InChI is InChI=1S/C23H24N2O7S/c1-30-22(28)17(23(29)31-2)13-14-6-8-15(9-7-14)32-11-12-33(3)19-18(26)16-5-4-10-24-20(16)25-21(19)27/h4-10,17H,11-13H2,1-3H3,(H-,24,25,26,27)/p+1. The Morgan fingerprint density at radius 3 is 2.42 bits per heavy atom. The van der Waals surface area contributed by atoms with Gasteiger partial charge in [-0.15, -0.1) is 0 Å². The van der Waals surface area contributed by atoms with Gasteiger partial charge in [-0.05, 0) is 36.2 Å². The lowest BCUT2D eigenvalue weighted by molar-refractivity contribution is -0.158. The highest BCUT2D eigenvalue weighted by Gasteiger charge is 2.29. The average Bonchev–Trinajstić information content (AvgIpc) is 2.82. The molecule has 2 heterocycles. The number of aromatic nitrogens is 2. The smallest absolute Gasteiger partial charge is 0.320 e. The number of nitrogens with zero attached hydrogens (tertiary/aromatic N) is 1. The number of nitrogens with one attached hydrogen (secondary N) is 1. The van der Waals surface area contributed by atoms with Gasteiger partial charge >= 0.3 is 17.5 Å². The summed E-state index contributed by atoms with van der Waals surface area (Å²) in [7, 11) is 1.88. The molecule has 2 N–H and O–H groups in total. The Balaban J connectivity index is 1.61. The first kappa shape index (κ1) is 24.1. The molecule has 33 heavy (non-hydrogen) atoms. The lowest BCUT2D eigenvalue weighted by Crippen LogP contribution is -2.28. The average molecular weight is 474 g/mol. The molecule has 0 saturated carbocycles. The number of rotatable bonds is 9. The highest BCUT2D eigenvalue weighted by Crippen LogP contribution is 2.27. The van der Waals surface area contributed by atoms with E-state index >= 15 is 0 Å². The van der Waals surface area contributed by atoms with Crippen LogP contribution in [-0.4, -0.2) is 59.8 Å². The fraction of sp³-hybridized carbons (Fsp3) is 0.304. The van der Waals surface area contributed by atoms with Gasteiger partial charge in [0.25, 0.3) is 4.90 Å². The summed E-state index contributed by atoms with van der Waals surface area (Å²) in [6, 6.07) is 10.4. The predicted molar refractivity (Wildman–Crippen MR) is 124 cm³/mol. The Morgan fingerprint density at radius 2 is 1.79 bits per heavy atom. The van der Waals surface area contributed by atoms with Crippen molar-refractivity contribution in [2.75, 3.05) is 32.8 Å². The Labute approximate surface area is 193 Å². The van der Waals surface area contributed by atoms with Crippen molar-refractivity contribution in [2.45, 2.75) is 11.3 Å². The van der Waals surface area contributed by atoms with Crippen molar-refractivity contribution in [2.24, 2.45) is 5.92 Å². The van der Waals surface area contributed by atoms with Crippen molar-refractivity contribution in [1.82, 2.24) is 9.97 Å². The largest absolute Gasteiger partial charge is 0.503 e. The molecule has 0 saturated heterocycles. The van der Waals surface area contributed by atoms with E-state index in [1.54, 1.807) is 42.6 Å². The van der Waals surface area contributed by atoms with Crippen molar-refractivity contribution in [3.8, 4) is 11.5 Å². The fourth-order valence-electron chi connectivity index (χ4n) is 3.30. The Kier molecular flexibility index (Phi) is 7.94. The van der Waals surface area contributed by atoms with E-state index < -0.39 is 28.8 Å². The quantitative estimate of drug-likeness (QED) is 0.274. The second kappa shape index (κ2) is 10.9. The zero-order valence-electron chi connectivity index (χ0n) is 18.5. The van der Waals surface area contributed by atoms with Crippen LogP contribution in [0.1, 0.15) is 5.56 Å². The van der Waals surface area contributed by atoms with Gasteiger partial charge in [-0.2, -0.15) is 0 Å². The predicted octanol–water partition coefficient (Wildman–Crippen LogP) is 1.82. The summed E-state index contributed by atoms with van der Waals surface area (Å²) < 4.78 is 15.1. The van der Waals surface area contributed by atoms with E-state index in [4.69, 9.17) is 4.74 Å². The van der Waals surface area contributed by atoms with Crippen LogP contribution in [0, 0.1) is 5.92 Å². The summed E-state index contributed by atoms with van der Waals surface area (Å²) in [5.74, 6) is -1.26. The van der Waals surface area contributed by atoms with Crippen LogP contribution in [0.3, 0.4) is 0 Å². The number of carbonyl (C=O) groups is 2. The van der Waals surface area contributed by atoms with Crippen molar-refractivity contribution >= 4 is 33.9 Å². The van der Waals surface area contributed by atoms with E-state index in [9.17, 15) is 19.5 Å². The molecule has 0 aliphatic rings. The maximum atomic E-state index is 12.4. The molecule has 0 aliphatic heterocycles. The Morgan fingerprint density at radius 1 is 1.12 bits per heavy atom. The van der Waals surface area contributed by atoms with Gasteiger partial charge in [-0.3, -0.25) is 14.4 Å². The van der Waals surface area contributed by atoms with Gasteiger partial charge in [-0.1, -0.05) is 12.1 Å². The number of H-pyrrole nitrogens is 1. The Bertz CT molecular complexity index is 1180. The first-order chi connectivity index (χ1) is 15.8. The maximum absolute atomic E-state index is 12.4. The number of carbonyl (C=O) groups excluding carboxylic acids is 2. The van der Waals surface area contributed by atoms with Crippen LogP contribution in [0.25, 0.3) is 11.0 Å². The number of ether oxygens (including phenoxy) is 3. The summed E-state index contributed by atoms with van der Waals surface area (Å²) in [5.41, 5.74) is 0.734. The number of aromatic amines is 1. The van der Waals surface area contributed by atoms with Gasteiger partial charge in [0.1, 0.15) is 30.0 Å². The second-order valence-electron chi connectivity index (χ2n) is 7.17. The molecule has 2 aromatic heterocycles. The van der Waals surface area contributed by atoms with Crippen LogP contribution >= 0.6 is 0 Å². The zero-order valence-corrected chi connectivity index (χ0v) is 19.3. The highest BCUT2D eigenvalue weighted by atomic mass is 32.2. The number of pyridine rings is 2. The SMILES string of the molecule is COC(=O)C(Cc1ccc(OCC[S+](C)c2c(O)c3cccnc3[nH]c2=O)cc1)C(=O)OC. The van der Waals surface area contributed by atoms with Gasteiger partial charge < -0.3 is 24.3 Å². The minimum absolute atomic E-state index is 0.0530. The minimum atomic E-state index is -1.03. The monoisotopic (exact) mass is 473 g/mol. The first-order valence-electron chi connectivity index (χ1n) is 10.1. The Hall–Kier alpha value is -3.53. The molecule has 174 valence electrons. The number of benzene rings is 1. The molecule has 0 spiro atoms. The molecule has 0 radical (unpaired) electrons.